The van der Waals surface area contributed by atoms with Crippen LogP contribution in [0.4, 0.5) is 0 Å². The molecule has 18 heavy (non-hydrogen) atoms. The van der Waals surface area contributed by atoms with Crippen molar-refractivity contribution in [2.75, 3.05) is 13.1 Å². The lowest BCUT2D eigenvalue weighted by atomic mass is 9.92. The molecule has 1 aliphatic heterocycles. The Bertz CT molecular complexity index is 401. The maximum absolute atomic E-state index is 12.0. The molecule has 5 nitrogen and oxygen atoms in total. The topological polar surface area (TPSA) is 59.0 Å². The highest BCUT2D eigenvalue weighted by Gasteiger charge is 2.24. The molecule has 1 fully saturated rings. The molecule has 1 amide bonds. The van der Waals surface area contributed by atoms with E-state index < -0.39 is 0 Å². The van der Waals surface area contributed by atoms with Gasteiger partial charge in [0.05, 0.1) is 12.7 Å². The first kappa shape index (κ1) is 13.1. The predicted molar refractivity (Wildman–Crippen MR) is 70.2 cm³/mol. The zero-order valence-electron chi connectivity index (χ0n) is 11.1. The second-order valence-electron chi connectivity index (χ2n) is 5.15. The molecule has 0 radical (unpaired) electrons. The van der Waals surface area contributed by atoms with Crippen LogP contribution in [0.3, 0.4) is 0 Å². The summed E-state index contributed by atoms with van der Waals surface area (Å²) in [6.45, 7) is 6.47. The average molecular weight is 250 g/mol. The van der Waals surface area contributed by atoms with Crippen molar-refractivity contribution < 1.29 is 4.79 Å². The molecule has 5 heteroatoms. The van der Waals surface area contributed by atoms with E-state index in [-0.39, 0.29) is 11.8 Å². The van der Waals surface area contributed by atoms with E-state index in [4.69, 9.17) is 0 Å². The van der Waals surface area contributed by atoms with Gasteiger partial charge in [-0.25, -0.2) is 0 Å². The Labute approximate surface area is 108 Å². The van der Waals surface area contributed by atoms with Crippen LogP contribution in [-0.2, 0) is 11.3 Å². The van der Waals surface area contributed by atoms with Crippen LogP contribution in [0.15, 0.2) is 12.4 Å². The van der Waals surface area contributed by atoms with Crippen LogP contribution >= 0.6 is 0 Å². The van der Waals surface area contributed by atoms with Gasteiger partial charge in [0.15, 0.2) is 0 Å². The summed E-state index contributed by atoms with van der Waals surface area (Å²) in [5, 5.41) is 10.6. The largest absolute Gasteiger partial charge is 0.354 e. The number of aromatic nitrogens is 2. The zero-order valence-corrected chi connectivity index (χ0v) is 11.1. The van der Waals surface area contributed by atoms with Gasteiger partial charge < -0.3 is 10.6 Å². The van der Waals surface area contributed by atoms with E-state index in [1.54, 1.807) is 0 Å². The summed E-state index contributed by atoms with van der Waals surface area (Å²) in [6.07, 6.45) is 5.69. The smallest absolute Gasteiger partial charge is 0.223 e. The summed E-state index contributed by atoms with van der Waals surface area (Å²) in [4.78, 5) is 12.0. The second-order valence-corrected chi connectivity index (χ2v) is 5.15. The van der Waals surface area contributed by atoms with Gasteiger partial charge in [0.2, 0.25) is 5.91 Å². The van der Waals surface area contributed by atoms with Gasteiger partial charge in [0.25, 0.3) is 0 Å². The Balaban J connectivity index is 1.71. The van der Waals surface area contributed by atoms with Crippen LogP contribution in [0.2, 0.25) is 0 Å². The number of amides is 1. The Morgan fingerprint density at radius 3 is 3.17 bits per heavy atom. The highest BCUT2D eigenvalue weighted by Crippen LogP contribution is 2.15. The third kappa shape index (κ3) is 3.57. The molecule has 100 valence electrons. The fourth-order valence-electron chi connectivity index (χ4n) is 2.40. The van der Waals surface area contributed by atoms with E-state index in [1.807, 2.05) is 24.0 Å². The number of rotatable bonds is 4. The van der Waals surface area contributed by atoms with Gasteiger partial charge in [-0.15, -0.1) is 0 Å². The minimum Gasteiger partial charge on any atom is -0.354 e. The molecule has 1 saturated heterocycles. The van der Waals surface area contributed by atoms with Crippen molar-refractivity contribution in [2.24, 2.45) is 5.92 Å². The first-order chi connectivity index (χ1) is 8.65. The number of aryl methyl sites for hydroxylation is 1. The number of nitrogens with one attached hydrogen (secondary N) is 2. The number of hydrogen-bond acceptors (Lipinski definition) is 3. The summed E-state index contributed by atoms with van der Waals surface area (Å²) in [7, 11) is 0. The lowest BCUT2D eigenvalue weighted by Crippen LogP contribution is -2.43. The van der Waals surface area contributed by atoms with Crippen molar-refractivity contribution >= 4 is 5.91 Å². The lowest BCUT2D eigenvalue weighted by molar-refractivity contribution is -0.126. The van der Waals surface area contributed by atoms with Crippen LogP contribution < -0.4 is 10.6 Å². The Kier molecular flexibility index (Phi) is 4.36. The normalized spacial score (nSPS) is 23.9. The van der Waals surface area contributed by atoms with E-state index in [9.17, 15) is 4.79 Å². The minimum atomic E-state index is 0.167. The summed E-state index contributed by atoms with van der Waals surface area (Å²) < 4.78 is 1.86. The van der Waals surface area contributed by atoms with Crippen LogP contribution in [0.1, 0.15) is 25.3 Å². The summed E-state index contributed by atoms with van der Waals surface area (Å²) in [5.74, 6) is 0.354. The number of nitrogens with zero attached hydrogens (tertiary/aromatic N) is 2. The molecule has 2 heterocycles. The van der Waals surface area contributed by atoms with E-state index in [1.165, 1.54) is 0 Å². The molecule has 0 aliphatic carbocycles. The van der Waals surface area contributed by atoms with Gasteiger partial charge >= 0.3 is 0 Å². The van der Waals surface area contributed by atoms with Crippen molar-refractivity contribution in [1.82, 2.24) is 20.4 Å². The molecule has 1 aromatic heterocycles. The third-order valence-corrected chi connectivity index (χ3v) is 3.40. The van der Waals surface area contributed by atoms with Crippen molar-refractivity contribution in [2.45, 2.75) is 39.3 Å². The average Bonchev–Trinajstić information content (AvgIpc) is 2.75. The maximum atomic E-state index is 12.0. The molecule has 2 rings (SSSR count). The molecule has 1 aromatic rings. The Morgan fingerprint density at radius 1 is 1.67 bits per heavy atom. The van der Waals surface area contributed by atoms with Crippen molar-refractivity contribution in [3.8, 4) is 0 Å². The van der Waals surface area contributed by atoms with E-state index >= 15 is 0 Å². The fourth-order valence-corrected chi connectivity index (χ4v) is 2.40. The lowest BCUT2D eigenvalue weighted by Gasteiger charge is -2.27. The zero-order chi connectivity index (χ0) is 13.0. The van der Waals surface area contributed by atoms with Crippen LogP contribution in [0, 0.1) is 12.8 Å². The molecule has 2 atom stereocenters. The molecule has 2 N–H and O–H groups in total. The first-order valence-electron chi connectivity index (χ1n) is 6.65. The summed E-state index contributed by atoms with van der Waals surface area (Å²) in [5.41, 5.74) is 1.15. The number of carbonyl (C=O) groups is 1. The first-order valence-corrected chi connectivity index (χ1v) is 6.65. The standard InChI is InChI=1S/C13H22N4O/c1-10-8-16-17(9-10)6-5-15-13(18)12-3-4-14-11(2)7-12/h8-9,11-12,14H,3-7H2,1-2H3,(H,15,18). The highest BCUT2D eigenvalue weighted by atomic mass is 16.1. The molecule has 0 aromatic carbocycles. The highest BCUT2D eigenvalue weighted by molar-refractivity contribution is 5.78. The minimum absolute atomic E-state index is 0.167. The maximum Gasteiger partial charge on any atom is 0.223 e. The molecule has 2 unspecified atom stereocenters. The monoisotopic (exact) mass is 250 g/mol. The second kappa shape index (κ2) is 6.00. The van der Waals surface area contributed by atoms with Crippen LogP contribution in [0.25, 0.3) is 0 Å². The van der Waals surface area contributed by atoms with Crippen LogP contribution in [-0.4, -0.2) is 34.8 Å². The van der Waals surface area contributed by atoms with Crippen molar-refractivity contribution in [3.63, 3.8) is 0 Å². The molecule has 0 bridgehead atoms. The molecule has 1 aliphatic rings. The van der Waals surface area contributed by atoms with Gasteiger partial charge in [-0.05, 0) is 38.8 Å². The van der Waals surface area contributed by atoms with Crippen molar-refractivity contribution in [1.29, 1.82) is 0 Å². The fraction of sp³-hybridized carbons (Fsp3) is 0.692. The summed E-state index contributed by atoms with van der Waals surface area (Å²) >= 11 is 0. The number of carbonyl (C=O) groups excluding carboxylic acids is 1. The van der Waals surface area contributed by atoms with Gasteiger partial charge in [-0.2, -0.15) is 5.10 Å². The molecule has 0 spiro atoms. The molecular formula is C13H22N4O. The van der Waals surface area contributed by atoms with E-state index in [0.29, 0.717) is 12.6 Å². The van der Waals surface area contributed by atoms with Gasteiger partial charge in [0, 0.05) is 24.7 Å². The quantitative estimate of drug-likeness (QED) is 0.827. The predicted octanol–water partition coefficient (Wildman–Crippen LogP) is 0.696. The molecule has 0 saturated carbocycles. The van der Waals surface area contributed by atoms with Crippen LogP contribution in [0.5, 0.6) is 0 Å². The summed E-state index contributed by atoms with van der Waals surface area (Å²) in [6, 6.07) is 0.447. The van der Waals surface area contributed by atoms with Gasteiger partial charge in [-0.1, -0.05) is 0 Å². The van der Waals surface area contributed by atoms with E-state index in [0.717, 1.165) is 31.5 Å². The third-order valence-electron chi connectivity index (χ3n) is 3.40. The Morgan fingerprint density at radius 2 is 2.50 bits per heavy atom. The Hall–Kier alpha value is -1.36. The van der Waals surface area contributed by atoms with E-state index in [2.05, 4.69) is 22.7 Å². The number of piperidine rings is 1. The molecular weight excluding hydrogens is 228 g/mol. The van der Waals surface area contributed by atoms with Crippen molar-refractivity contribution in [3.05, 3.63) is 18.0 Å². The van der Waals surface area contributed by atoms with Gasteiger partial charge in [0.1, 0.15) is 0 Å². The van der Waals surface area contributed by atoms with Gasteiger partial charge in [-0.3, -0.25) is 9.48 Å². The SMILES string of the molecule is Cc1cnn(CCNC(=O)C2CCNC(C)C2)c1. The number of hydrogen-bond donors (Lipinski definition) is 2.